The number of hydrogen-bond acceptors (Lipinski definition) is 6. The fourth-order valence-corrected chi connectivity index (χ4v) is 2.72. The number of aliphatic hydroxyl groups excluding tert-OH is 1. The summed E-state index contributed by atoms with van der Waals surface area (Å²) in [5, 5.41) is 17.2. The molecular formula is C18H20N2O4. The predicted octanol–water partition coefficient (Wildman–Crippen LogP) is 3.68. The molecule has 6 nitrogen and oxygen atoms in total. The predicted molar refractivity (Wildman–Crippen MR) is 88.3 cm³/mol. The number of nitrogens with zero attached hydrogens (tertiary/aromatic N) is 2. The van der Waals surface area contributed by atoms with Crippen molar-refractivity contribution in [3.05, 3.63) is 58.6 Å². The second kappa shape index (κ2) is 7.21. The number of Topliss-reactive ketones (excluding diaryl/α,β-unsaturated/α-hetero) is 1. The fraction of sp³-hybridized carbons (Fsp3) is 0.333. The lowest BCUT2D eigenvalue weighted by Crippen LogP contribution is -2.13. The molecule has 0 spiro atoms. The van der Waals surface area contributed by atoms with E-state index in [4.69, 9.17) is 0 Å². The van der Waals surface area contributed by atoms with Crippen LogP contribution in [0.4, 0.5) is 0 Å². The molecule has 6 heteroatoms. The number of azo groups is 1. The van der Waals surface area contributed by atoms with Crippen LogP contribution in [0.15, 0.2) is 63.3 Å². The number of rotatable bonds is 4. The van der Waals surface area contributed by atoms with Crippen molar-refractivity contribution in [1.29, 1.82) is 0 Å². The monoisotopic (exact) mass is 328 g/mol. The van der Waals surface area contributed by atoms with Crippen LogP contribution in [0.5, 0.6) is 0 Å². The molecule has 1 aliphatic rings. The van der Waals surface area contributed by atoms with Crippen LogP contribution in [0.2, 0.25) is 0 Å². The Labute approximate surface area is 140 Å². The highest BCUT2D eigenvalue weighted by Gasteiger charge is 2.38. The Morgan fingerprint density at radius 2 is 1.88 bits per heavy atom. The first-order valence-electron chi connectivity index (χ1n) is 7.58. The zero-order chi connectivity index (χ0) is 17.9. The minimum Gasteiger partial charge on any atom is -0.510 e. The normalized spacial score (nSPS) is 22.1. The zero-order valence-electron chi connectivity index (χ0n) is 14.1. The van der Waals surface area contributed by atoms with Crippen molar-refractivity contribution in [2.45, 2.75) is 26.7 Å². The molecule has 0 aliphatic heterocycles. The number of hydrogen-bond donors (Lipinski definition) is 1. The SMILES string of the molecule is COC(=O)/C(N=NC1=C(C)C(C)C(c2ccccc2)C1=O)=C(\C)O. The molecule has 0 fully saturated rings. The summed E-state index contributed by atoms with van der Waals surface area (Å²) >= 11 is 0. The maximum atomic E-state index is 12.7. The molecule has 2 atom stereocenters. The number of ether oxygens (including phenoxy) is 1. The molecule has 0 aromatic heterocycles. The Hall–Kier alpha value is -2.76. The van der Waals surface area contributed by atoms with Gasteiger partial charge in [-0.05, 0) is 30.9 Å². The van der Waals surface area contributed by atoms with Crippen LogP contribution in [0.25, 0.3) is 0 Å². The first-order valence-corrected chi connectivity index (χ1v) is 7.58. The lowest BCUT2D eigenvalue weighted by atomic mass is 9.87. The van der Waals surface area contributed by atoms with Crippen molar-refractivity contribution in [2.75, 3.05) is 7.11 Å². The van der Waals surface area contributed by atoms with E-state index in [1.165, 1.54) is 14.0 Å². The lowest BCUT2D eigenvalue weighted by molar-refractivity contribution is -0.136. The van der Waals surface area contributed by atoms with Crippen LogP contribution in [0.3, 0.4) is 0 Å². The van der Waals surface area contributed by atoms with Gasteiger partial charge in [-0.2, -0.15) is 0 Å². The third-order valence-corrected chi connectivity index (χ3v) is 4.20. The molecule has 0 radical (unpaired) electrons. The molecule has 1 aromatic carbocycles. The van der Waals surface area contributed by atoms with E-state index in [1.807, 2.05) is 44.2 Å². The molecule has 2 rings (SSSR count). The summed E-state index contributed by atoms with van der Waals surface area (Å²) in [6.45, 7) is 5.09. The highest BCUT2D eigenvalue weighted by molar-refractivity contribution is 6.04. The summed E-state index contributed by atoms with van der Waals surface area (Å²) < 4.78 is 4.54. The molecular weight excluding hydrogens is 308 g/mol. The van der Waals surface area contributed by atoms with Crippen molar-refractivity contribution >= 4 is 11.8 Å². The van der Waals surface area contributed by atoms with E-state index >= 15 is 0 Å². The number of carbonyl (C=O) groups is 2. The first kappa shape index (κ1) is 17.6. The minimum atomic E-state index is -0.810. The van der Waals surface area contributed by atoms with E-state index in [2.05, 4.69) is 15.0 Å². The van der Waals surface area contributed by atoms with E-state index in [9.17, 15) is 14.7 Å². The van der Waals surface area contributed by atoms with E-state index < -0.39 is 5.97 Å². The highest BCUT2D eigenvalue weighted by atomic mass is 16.5. The van der Waals surface area contributed by atoms with Crippen LogP contribution in [0.1, 0.15) is 32.3 Å². The van der Waals surface area contributed by atoms with Gasteiger partial charge in [0, 0.05) is 0 Å². The number of allylic oxidation sites excluding steroid dienone is 3. The number of ketones is 1. The largest absolute Gasteiger partial charge is 0.510 e. The standard InChI is InChI=1S/C18H20N2O4/c1-10-11(2)15(19-20-16(12(3)21)18(23)24-4)17(22)14(10)13-8-6-5-7-9-13/h5-10,14,21H,1-4H3/b16-12-,20-19?. The summed E-state index contributed by atoms with van der Waals surface area (Å²) in [6, 6.07) is 9.48. The van der Waals surface area contributed by atoms with Crippen molar-refractivity contribution < 1.29 is 19.4 Å². The summed E-state index contributed by atoms with van der Waals surface area (Å²) in [6.07, 6.45) is 0. The van der Waals surface area contributed by atoms with E-state index in [0.717, 1.165) is 11.1 Å². The van der Waals surface area contributed by atoms with Crippen LogP contribution in [-0.2, 0) is 14.3 Å². The molecule has 0 saturated heterocycles. The molecule has 24 heavy (non-hydrogen) atoms. The number of esters is 1. The third kappa shape index (κ3) is 3.27. The molecule has 0 saturated carbocycles. The number of aliphatic hydroxyl groups is 1. The maximum Gasteiger partial charge on any atom is 0.362 e. The van der Waals surface area contributed by atoms with Gasteiger partial charge >= 0.3 is 5.97 Å². The molecule has 1 aromatic rings. The van der Waals surface area contributed by atoms with E-state index in [-0.39, 0.29) is 34.8 Å². The van der Waals surface area contributed by atoms with Gasteiger partial charge in [0.2, 0.25) is 5.70 Å². The summed E-state index contributed by atoms with van der Waals surface area (Å²) in [7, 11) is 1.18. The van der Waals surface area contributed by atoms with Gasteiger partial charge in [-0.3, -0.25) is 4.79 Å². The molecule has 1 aliphatic carbocycles. The van der Waals surface area contributed by atoms with Gasteiger partial charge in [0.15, 0.2) is 5.78 Å². The van der Waals surface area contributed by atoms with E-state index in [0.29, 0.717) is 0 Å². The number of methoxy groups -OCH3 is 1. The number of benzene rings is 1. The molecule has 0 bridgehead atoms. The zero-order valence-corrected chi connectivity index (χ0v) is 14.1. The molecule has 1 N–H and O–H groups in total. The second-order valence-corrected chi connectivity index (χ2v) is 5.70. The van der Waals surface area contributed by atoms with Crippen molar-refractivity contribution in [3.63, 3.8) is 0 Å². The van der Waals surface area contributed by atoms with Gasteiger partial charge in [-0.15, -0.1) is 10.2 Å². The minimum absolute atomic E-state index is 0.0189. The van der Waals surface area contributed by atoms with Gasteiger partial charge in [-0.1, -0.05) is 37.3 Å². The van der Waals surface area contributed by atoms with Crippen LogP contribution in [-0.4, -0.2) is 24.0 Å². The number of carbonyl (C=O) groups excluding carboxylic acids is 2. The molecule has 126 valence electrons. The van der Waals surface area contributed by atoms with Gasteiger partial charge in [0.05, 0.1) is 13.0 Å². The average Bonchev–Trinajstić information content (AvgIpc) is 2.78. The van der Waals surface area contributed by atoms with Gasteiger partial charge in [0.25, 0.3) is 0 Å². The maximum absolute atomic E-state index is 12.7. The lowest BCUT2D eigenvalue weighted by Gasteiger charge is -2.15. The fourth-order valence-electron chi connectivity index (χ4n) is 2.72. The van der Waals surface area contributed by atoms with Crippen LogP contribution in [0, 0.1) is 5.92 Å². The molecule has 0 amide bonds. The quantitative estimate of drug-likeness (QED) is 0.395. The van der Waals surface area contributed by atoms with E-state index in [1.54, 1.807) is 0 Å². The van der Waals surface area contributed by atoms with Gasteiger partial charge < -0.3 is 9.84 Å². The Morgan fingerprint density at radius 3 is 2.42 bits per heavy atom. The molecule has 0 heterocycles. The summed E-state index contributed by atoms with van der Waals surface area (Å²) in [5.41, 5.74) is 1.62. The van der Waals surface area contributed by atoms with Crippen molar-refractivity contribution in [3.8, 4) is 0 Å². The van der Waals surface area contributed by atoms with Gasteiger partial charge in [0.1, 0.15) is 11.5 Å². The highest BCUT2D eigenvalue weighted by Crippen LogP contribution is 2.41. The first-order chi connectivity index (χ1) is 11.4. The Kier molecular flexibility index (Phi) is 5.28. The molecule has 2 unspecified atom stereocenters. The third-order valence-electron chi connectivity index (χ3n) is 4.20. The second-order valence-electron chi connectivity index (χ2n) is 5.70. The summed E-state index contributed by atoms with van der Waals surface area (Å²) in [5.74, 6) is -1.61. The van der Waals surface area contributed by atoms with Crippen molar-refractivity contribution in [2.24, 2.45) is 16.1 Å². The Balaban J connectivity index is 2.34. The Bertz CT molecular complexity index is 744. The smallest absolute Gasteiger partial charge is 0.362 e. The Morgan fingerprint density at radius 1 is 1.25 bits per heavy atom. The van der Waals surface area contributed by atoms with Crippen molar-refractivity contribution in [1.82, 2.24) is 0 Å². The summed E-state index contributed by atoms with van der Waals surface area (Å²) in [4.78, 5) is 24.3. The van der Waals surface area contributed by atoms with Crippen LogP contribution < -0.4 is 0 Å². The average molecular weight is 328 g/mol. The van der Waals surface area contributed by atoms with Gasteiger partial charge in [-0.25, -0.2) is 4.79 Å². The topological polar surface area (TPSA) is 88.3 Å². The van der Waals surface area contributed by atoms with Crippen LogP contribution >= 0.6 is 0 Å².